The Morgan fingerprint density at radius 2 is 1.83 bits per heavy atom. The van der Waals surface area contributed by atoms with E-state index in [0.717, 1.165) is 17.0 Å². The Bertz CT molecular complexity index is 849. The third-order valence-electron chi connectivity index (χ3n) is 4.94. The molecule has 1 aromatic rings. The summed E-state index contributed by atoms with van der Waals surface area (Å²) in [7, 11) is 0. The molecule has 3 amide bonds. The Balaban J connectivity index is 1.57. The van der Waals surface area contributed by atoms with Crippen molar-refractivity contribution in [1.82, 2.24) is 10.2 Å². The molecular formula is C17H15ClF5N3O3. The van der Waals surface area contributed by atoms with Gasteiger partial charge in [-0.15, -0.1) is 0 Å². The number of anilines is 1. The van der Waals surface area contributed by atoms with Crippen molar-refractivity contribution in [3.05, 3.63) is 28.8 Å². The average Bonchev–Trinajstić information content (AvgIpc) is 3.25. The summed E-state index contributed by atoms with van der Waals surface area (Å²) in [5, 5.41) is 3.54. The third-order valence-corrected chi connectivity index (χ3v) is 5.21. The summed E-state index contributed by atoms with van der Waals surface area (Å²) in [4.78, 5) is 37.3. The zero-order chi connectivity index (χ0) is 21.6. The van der Waals surface area contributed by atoms with Crippen LogP contribution in [0.25, 0.3) is 0 Å². The molecule has 2 fully saturated rings. The van der Waals surface area contributed by atoms with Gasteiger partial charge in [0.25, 0.3) is 0 Å². The van der Waals surface area contributed by atoms with Gasteiger partial charge in [0.15, 0.2) is 11.6 Å². The highest BCUT2D eigenvalue weighted by Crippen LogP contribution is 2.48. The van der Waals surface area contributed by atoms with Crippen LogP contribution in [0.5, 0.6) is 0 Å². The van der Waals surface area contributed by atoms with Gasteiger partial charge in [-0.1, -0.05) is 11.6 Å². The number of carbonyl (C=O) groups is 3. The van der Waals surface area contributed by atoms with E-state index in [4.69, 9.17) is 11.6 Å². The second kappa shape index (κ2) is 7.43. The van der Waals surface area contributed by atoms with Crippen molar-refractivity contribution < 1.29 is 36.3 Å². The highest BCUT2D eigenvalue weighted by Gasteiger charge is 2.64. The molecule has 2 aliphatic rings. The maximum Gasteiger partial charge on any atom is 0.411 e. The minimum Gasteiger partial charge on any atom is -0.334 e. The van der Waals surface area contributed by atoms with E-state index in [1.165, 1.54) is 0 Å². The summed E-state index contributed by atoms with van der Waals surface area (Å²) in [6.45, 7) is -0.212. The summed E-state index contributed by atoms with van der Waals surface area (Å²) in [5.74, 6) is -6.47. The van der Waals surface area contributed by atoms with Crippen LogP contribution in [0.3, 0.4) is 0 Å². The van der Waals surface area contributed by atoms with E-state index in [0.29, 0.717) is 0 Å². The largest absolute Gasteiger partial charge is 0.411 e. The van der Waals surface area contributed by atoms with Gasteiger partial charge >= 0.3 is 18.0 Å². The van der Waals surface area contributed by atoms with Crippen LogP contribution in [-0.4, -0.2) is 47.4 Å². The van der Waals surface area contributed by atoms with E-state index < -0.39 is 52.0 Å². The lowest BCUT2D eigenvalue weighted by molar-refractivity contribution is -0.172. The fourth-order valence-corrected chi connectivity index (χ4v) is 3.26. The maximum atomic E-state index is 13.4. The summed E-state index contributed by atoms with van der Waals surface area (Å²) >= 11 is 5.51. The van der Waals surface area contributed by atoms with Crippen LogP contribution in [0.1, 0.15) is 19.3 Å². The summed E-state index contributed by atoms with van der Waals surface area (Å²) < 4.78 is 65.3. The van der Waals surface area contributed by atoms with Crippen LogP contribution in [0.4, 0.5) is 27.6 Å². The normalized spacial score (nSPS) is 20.3. The van der Waals surface area contributed by atoms with Gasteiger partial charge in [0.05, 0.1) is 10.9 Å². The molecule has 0 bridgehead atoms. The number of nitrogens with one attached hydrogen (secondary N) is 2. The first kappa shape index (κ1) is 21.3. The van der Waals surface area contributed by atoms with Gasteiger partial charge in [-0.25, -0.2) is 8.78 Å². The molecule has 1 aliphatic carbocycles. The van der Waals surface area contributed by atoms with Crippen molar-refractivity contribution in [2.24, 2.45) is 5.92 Å². The third kappa shape index (κ3) is 4.29. The summed E-state index contributed by atoms with van der Waals surface area (Å²) in [6.07, 6.45) is -5.09. The lowest BCUT2D eigenvalue weighted by Crippen LogP contribution is -2.53. The number of carbonyl (C=O) groups excluding carboxylic acids is 3. The zero-order valence-electron chi connectivity index (χ0n) is 14.7. The van der Waals surface area contributed by atoms with Crippen LogP contribution >= 0.6 is 11.6 Å². The summed E-state index contributed by atoms with van der Waals surface area (Å²) in [6, 6.07) is 1.74. The SMILES string of the molecule is O=C(NC1(C(F)(F)F)CC1)C(=O)N1CCC(C(=O)Nc2cc(F)c(F)c(Cl)c2)C1. The predicted molar refractivity (Wildman–Crippen MR) is 90.8 cm³/mol. The second-order valence-corrected chi connectivity index (χ2v) is 7.42. The van der Waals surface area contributed by atoms with Gasteiger partial charge in [-0.3, -0.25) is 14.4 Å². The molecule has 6 nitrogen and oxygen atoms in total. The number of amides is 3. The lowest BCUT2D eigenvalue weighted by atomic mass is 10.1. The Morgan fingerprint density at radius 3 is 2.38 bits per heavy atom. The van der Waals surface area contributed by atoms with Gasteiger partial charge in [-0.05, 0) is 25.3 Å². The number of benzene rings is 1. The molecule has 3 rings (SSSR count). The molecule has 0 spiro atoms. The number of halogens is 6. The molecule has 1 saturated carbocycles. The Hall–Kier alpha value is -2.43. The highest BCUT2D eigenvalue weighted by atomic mass is 35.5. The quantitative estimate of drug-likeness (QED) is 0.432. The van der Waals surface area contributed by atoms with Gasteiger partial charge in [0.2, 0.25) is 5.91 Å². The number of nitrogens with zero attached hydrogens (tertiary/aromatic N) is 1. The van der Waals surface area contributed by atoms with Gasteiger partial charge in [0.1, 0.15) is 5.54 Å². The maximum absolute atomic E-state index is 13.4. The Kier molecular flexibility index (Phi) is 5.46. The van der Waals surface area contributed by atoms with Crippen LogP contribution < -0.4 is 10.6 Å². The average molecular weight is 440 g/mol. The second-order valence-electron chi connectivity index (χ2n) is 7.01. The Labute approximate surface area is 166 Å². The molecule has 12 heteroatoms. The Morgan fingerprint density at radius 1 is 1.17 bits per heavy atom. The van der Waals surface area contributed by atoms with Crippen LogP contribution in [-0.2, 0) is 14.4 Å². The molecule has 1 aromatic carbocycles. The van der Waals surface area contributed by atoms with Gasteiger partial charge < -0.3 is 15.5 Å². The molecule has 1 atom stereocenters. The predicted octanol–water partition coefficient (Wildman–Crippen LogP) is 2.62. The van der Waals surface area contributed by atoms with Gasteiger partial charge in [-0.2, -0.15) is 13.2 Å². The molecule has 1 heterocycles. The number of hydrogen-bond donors (Lipinski definition) is 2. The van der Waals surface area contributed by atoms with E-state index in [9.17, 15) is 36.3 Å². The van der Waals surface area contributed by atoms with E-state index in [-0.39, 0.29) is 38.0 Å². The van der Waals surface area contributed by atoms with Crippen molar-refractivity contribution in [3.8, 4) is 0 Å². The van der Waals surface area contributed by atoms with Crippen LogP contribution in [0.15, 0.2) is 12.1 Å². The number of hydrogen-bond acceptors (Lipinski definition) is 3. The molecule has 0 aromatic heterocycles. The van der Waals surface area contributed by atoms with E-state index in [2.05, 4.69) is 5.32 Å². The first-order valence-corrected chi connectivity index (χ1v) is 8.95. The number of alkyl halides is 3. The fourth-order valence-electron chi connectivity index (χ4n) is 3.05. The first-order valence-electron chi connectivity index (χ1n) is 8.57. The van der Waals surface area contributed by atoms with Crippen molar-refractivity contribution in [2.75, 3.05) is 18.4 Å². The molecule has 158 valence electrons. The summed E-state index contributed by atoms with van der Waals surface area (Å²) in [5.41, 5.74) is -2.45. The molecule has 1 saturated heterocycles. The van der Waals surface area contributed by atoms with Crippen LogP contribution in [0.2, 0.25) is 5.02 Å². The number of rotatable bonds is 3. The van der Waals surface area contributed by atoms with Crippen molar-refractivity contribution in [3.63, 3.8) is 0 Å². The molecule has 1 unspecified atom stereocenters. The molecule has 2 N–H and O–H groups in total. The van der Waals surface area contributed by atoms with Crippen molar-refractivity contribution in [1.29, 1.82) is 0 Å². The minimum absolute atomic E-state index is 0.0120. The van der Waals surface area contributed by atoms with E-state index in [1.54, 1.807) is 5.32 Å². The van der Waals surface area contributed by atoms with Gasteiger partial charge in [0, 0.05) is 24.8 Å². The van der Waals surface area contributed by atoms with Crippen molar-refractivity contribution >= 4 is 35.0 Å². The smallest absolute Gasteiger partial charge is 0.334 e. The van der Waals surface area contributed by atoms with Crippen molar-refractivity contribution in [2.45, 2.75) is 31.0 Å². The monoisotopic (exact) mass is 439 g/mol. The standard InChI is InChI=1S/C17H15ClF5N3O3/c18-10-5-9(6-11(19)12(10)20)24-13(27)8-1-4-26(7-8)15(29)14(28)25-16(2-3-16)17(21,22)23/h5-6,8H,1-4,7H2,(H,24,27)(H,25,28). The minimum atomic E-state index is -4.65. The van der Waals surface area contributed by atoms with E-state index >= 15 is 0 Å². The first-order chi connectivity index (χ1) is 13.4. The lowest BCUT2D eigenvalue weighted by Gasteiger charge is -2.22. The topological polar surface area (TPSA) is 78.5 Å². The molecule has 1 aliphatic heterocycles. The van der Waals surface area contributed by atoms with Crippen LogP contribution in [0, 0.1) is 17.6 Å². The fraction of sp³-hybridized carbons (Fsp3) is 0.471. The zero-order valence-corrected chi connectivity index (χ0v) is 15.5. The highest BCUT2D eigenvalue weighted by molar-refractivity contribution is 6.35. The molecule has 29 heavy (non-hydrogen) atoms. The molecule has 0 radical (unpaired) electrons. The number of likely N-dealkylation sites (tertiary alicyclic amines) is 1. The van der Waals surface area contributed by atoms with E-state index in [1.807, 2.05) is 0 Å². The molecular weight excluding hydrogens is 425 g/mol.